The van der Waals surface area contributed by atoms with Crippen molar-refractivity contribution in [3.63, 3.8) is 0 Å². The first-order valence-electron chi connectivity index (χ1n) is 3.87. The molecule has 0 bridgehead atoms. The maximum absolute atomic E-state index is 10.7. The fourth-order valence-electron chi connectivity index (χ4n) is 0.922. The molecule has 0 fully saturated rings. The van der Waals surface area contributed by atoms with Gasteiger partial charge in [0.05, 0.1) is 6.20 Å². The average molecular weight is 206 g/mol. The second-order valence-electron chi connectivity index (χ2n) is 2.42. The van der Waals surface area contributed by atoms with Crippen molar-refractivity contribution in [3.05, 3.63) is 36.4 Å². The van der Waals surface area contributed by atoms with E-state index < -0.39 is 0 Å². The van der Waals surface area contributed by atoms with Crippen LogP contribution < -0.4 is 0 Å². The van der Waals surface area contributed by atoms with E-state index in [2.05, 4.69) is 9.97 Å². The van der Waals surface area contributed by atoms with Gasteiger partial charge in [0.15, 0.2) is 6.29 Å². The molecule has 2 heterocycles. The maximum atomic E-state index is 10.7. The van der Waals surface area contributed by atoms with Crippen LogP contribution in [0.2, 0.25) is 0 Å². The monoisotopic (exact) mass is 206 g/mol. The van der Waals surface area contributed by atoms with Gasteiger partial charge >= 0.3 is 0 Å². The Kier molecular flexibility index (Phi) is 2.60. The first kappa shape index (κ1) is 8.96. The number of carbonyl (C=O) groups excluding carboxylic acids is 1. The zero-order valence-corrected chi connectivity index (χ0v) is 7.90. The number of nitrogens with zero attached hydrogens (tertiary/aromatic N) is 2. The van der Waals surface area contributed by atoms with E-state index in [4.69, 9.17) is 4.42 Å². The number of hydrogen-bond acceptors (Lipinski definition) is 5. The lowest BCUT2D eigenvalue weighted by molar-refractivity contribution is 0.112. The third-order valence-electron chi connectivity index (χ3n) is 1.52. The average Bonchev–Trinajstić information content (AvgIpc) is 2.71. The molecule has 0 unspecified atom stereocenters. The van der Waals surface area contributed by atoms with Gasteiger partial charge in [0, 0.05) is 11.8 Å². The number of hydrogen-bond donors (Lipinski definition) is 0. The van der Waals surface area contributed by atoms with Gasteiger partial charge in [-0.25, -0.2) is 9.97 Å². The Morgan fingerprint density at radius 2 is 2.29 bits per heavy atom. The van der Waals surface area contributed by atoms with Crippen LogP contribution in [0.1, 0.15) is 10.4 Å². The summed E-state index contributed by atoms with van der Waals surface area (Å²) >= 11 is 1.23. The van der Waals surface area contributed by atoms with Gasteiger partial charge in [-0.15, -0.1) is 0 Å². The van der Waals surface area contributed by atoms with Crippen LogP contribution in [0.4, 0.5) is 0 Å². The molecule has 0 saturated carbocycles. The molecule has 4 nitrogen and oxygen atoms in total. The summed E-state index contributed by atoms with van der Waals surface area (Å²) in [6.07, 6.45) is 5.41. The molecule has 70 valence electrons. The van der Waals surface area contributed by atoms with Gasteiger partial charge in [-0.05, 0) is 23.9 Å². The van der Waals surface area contributed by atoms with Gasteiger partial charge in [0.2, 0.25) is 0 Å². The highest BCUT2D eigenvalue weighted by molar-refractivity contribution is 7.99. The highest BCUT2D eigenvalue weighted by Crippen LogP contribution is 2.25. The Morgan fingerprint density at radius 1 is 1.36 bits per heavy atom. The van der Waals surface area contributed by atoms with Gasteiger partial charge in [-0.2, -0.15) is 0 Å². The predicted octanol–water partition coefficient (Wildman–Crippen LogP) is 2.03. The van der Waals surface area contributed by atoms with Gasteiger partial charge in [0.25, 0.3) is 5.22 Å². The van der Waals surface area contributed by atoms with Gasteiger partial charge in [-0.3, -0.25) is 4.79 Å². The van der Waals surface area contributed by atoms with Gasteiger partial charge < -0.3 is 4.42 Å². The van der Waals surface area contributed by atoms with Crippen LogP contribution in [0.3, 0.4) is 0 Å². The second-order valence-corrected chi connectivity index (χ2v) is 3.36. The van der Waals surface area contributed by atoms with Crippen molar-refractivity contribution in [2.75, 3.05) is 0 Å². The molecule has 0 radical (unpaired) electrons. The number of aldehydes is 1. The minimum Gasteiger partial charge on any atom is -0.440 e. The lowest BCUT2D eigenvalue weighted by Gasteiger charge is -1.97. The summed E-state index contributed by atoms with van der Waals surface area (Å²) in [5, 5.41) is 1.08. The molecule has 2 rings (SSSR count). The van der Waals surface area contributed by atoms with E-state index in [1.165, 1.54) is 18.0 Å². The fourth-order valence-corrected chi connectivity index (χ4v) is 1.65. The van der Waals surface area contributed by atoms with Crippen molar-refractivity contribution in [2.24, 2.45) is 0 Å². The Labute approximate surface area is 84.4 Å². The summed E-state index contributed by atoms with van der Waals surface area (Å²) in [5.74, 6) is 0. The molecule has 0 N–H and O–H groups in total. The van der Waals surface area contributed by atoms with E-state index in [9.17, 15) is 4.79 Å². The van der Waals surface area contributed by atoms with Crippen molar-refractivity contribution >= 4 is 18.0 Å². The molecular formula is C9H6N2O2S. The molecular weight excluding hydrogens is 200 g/mol. The largest absolute Gasteiger partial charge is 0.440 e. The molecule has 14 heavy (non-hydrogen) atoms. The van der Waals surface area contributed by atoms with Crippen LogP contribution >= 0.6 is 11.8 Å². The van der Waals surface area contributed by atoms with E-state index in [-0.39, 0.29) is 0 Å². The van der Waals surface area contributed by atoms with Crippen LogP contribution in [0.5, 0.6) is 0 Å². The zero-order valence-electron chi connectivity index (χ0n) is 7.08. The molecule has 0 aliphatic carbocycles. The smallest absolute Gasteiger partial charge is 0.261 e. The molecule has 0 aromatic carbocycles. The first-order valence-corrected chi connectivity index (χ1v) is 4.69. The normalized spacial score (nSPS) is 10.0. The molecule has 0 saturated heterocycles. The Bertz CT molecular complexity index is 428. The van der Waals surface area contributed by atoms with Gasteiger partial charge in [0.1, 0.15) is 11.3 Å². The molecule has 2 aromatic heterocycles. The highest BCUT2D eigenvalue weighted by Gasteiger charge is 2.06. The van der Waals surface area contributed by atoms with Crippen molar-refractivity contribution in [1.29, 1.82) is 0 Å². The SMILES string of the molecule is O=Cc1cccnc1Sc1ncco1. The van der Waals surface area contributed by atoms with Crippen LogP contribution in [0.15, 0.2) is 45.5 Å². The maximum Gasteiger partial charge on any atom is 0.261 e. The lowest BCUT2D eigenvalue weighted by Crippen LogP contribution is -1.87. The quantitative estimate of drug-likeness (QED) is 0.719. The van der Waals surface area contributed by atoms with E-state index in [0.29, 0.717) is 15.8 Å². The first-order chi connectivity index (χ1) is 6.90. The van der Waals surface area contributed by atoms with Crippen molar-refractivity contribution in [2.45, 2.75) is 10.2 Å². The third-order valence-corrected chi connectivity index (χ3v) is 2.43. The zero-order chi connectivity index (χ0) is 9.80. The Balaban J connectivity index is 2.28. The minimum absolute atomic E-state index is 0.479. The van der Waals surface area contributed by atoms with E-state index in [1.807, 2.05) is 0 Å². The fraction of sp³-hybridized carbons (Fsp3) is 0. The number of aromatic nitrogens is 2. The van der Waals surface area contributed by atoms with E-state index in [1.54, 1.807) is 24.5 Å². The van der Waals surface area contributed by atoms with Gasteiger partial charge in [-0.1, -0.05) is 0 Å². The third kappa shape index (κ3) is 1.82. The summed E-state index contributed by atoms with van der Waals surface area (Å²) in [6, 6.07) is 3.41. The summed E-state index contributed by atoms with van der Waals surface area (Å²) < 4.78 is 5.03. The minimum atomic E-state index is 0.479. The Hall–Kier alpha value is -1.62. The standard InChI is InChI=1S/C9H6N2O2S/c12-6-7-2-1-3-10-8(7)14-9-11-4-5-13-9/h1-6H. The van der Waals surface area contributed by atoms with Crippen molar-refractivity contribution in [3.8, 4) is 0 Å². The van der Waals surface area contributed by atoms with E-state index in [0.717, 1.165) is 6.29 Å². The Morgan fingerprint density at radius 3 is 3.00 bits per heavy atom. The van der Waals surface area contributed by atoms with Crippen molar-refractivity contribution in [1.82, 2.24) is 9.97 Å². The second kappa shape index (κ2) is 4.06. The number of rotatable bonds is 3. The number of carbonyl (C=O) groups is 1. The molecule has 0 atom stereocenters. The summed E-state index contributed by atoms with van der Waals surface area (Å²) in [6.45, 7) is 0. The number of pyridine rings is 1. The van der Waals surface area contributed by atoms with Crippen LogP contribution in [-0.2, 0) is 0 Å². The topological polar surface area (TPSA) is 56.0 Å². The summed E-state index contributed by atoms with van der Waals surface area (Å²) in [4.78, 5) is 18.6. The van der Waals surface area contributed by atoms with Crippen LogP contribution in [-0.4, -0.2) is 16.3 Å². The molecule has 0 aliphatic rings. The lowest BCUT2D eigenvalue weighted by atomic mass is 10.3. The predicted molar refractivity (Wildman–Crippen MR) is 50.3 cm³/mol. The molecule has 2 aromatic rings. The summed E-state index contributed by atoms with van der Waals surface area (Å²) in [7, 11) is 0. The molecule has 0 aliphatic heterocycles. The highest BCUT2D eigenvalue weighted by atomic mass is 32.2. The van der Waals surface area contributed by atoms with Crippen LogP contribution in [0, 0.1) is 0 Å². The van der Waals surface area contributed by atoms with Crippen LogP contribution in [0.25, 0.3) is 0 Å². The van der Waals surface area contributed by atoms with Crippen molar-refractivity contribution < 1.29 is 9.21 Å². The molecule has 5 heteroatoms. The molecule has 0 amide bonds. The summed E-state index contributed by atoms with van der Waals surface area (Å²) in [5.41, 5.74) is 0.538. The van der Waals surface area contributed by atoms with E-state index >= 15 is 0 Å². The number of oxazole rings is 1. The molecule has 0 spiro atoms.